The Morgan fingerprint density at radius 2 is 2.36 bits per heavy atom. The fourth-order valence-corrected chi connectivity index (χ4v) is 3.07. The molecule has 1 aliphatic heterocycles. The summed E-state index contributed by atoms with van der Waals surface area (Å²) in [4.78, 5) is 1.59. The molecule has 2 rings (SSSR count). The average molecular weight is 209 g/mol. The topological polar surface area (TPSA) is 12.0 Å². The predicted molar refractivity (Wildman–Crippen MR) is 62.8 cm³/mol. The molecule has 1 nitrogen and oxygen atoms in total. The van der Waals surface area contributed by atoms with Gasteiger partial charge in [-0.05, 0) is 35.3 Å². The molecular weight excluding hydrogens is 190 g/mol. The zero-order valence-electron chi connectivity index (χ0n) is 9.26. The van der Waals surface area contributed by atoms with Crippen LogP contribution in [0.1, 0.15) is 43.7 Å². The Morgan fingerprint density at radius 3 is 3.07 bits per heavy atom. The van der Waals surface area contributed by atoms with Crippen molar-refractivity contribution in [3.05, 3.63) is 21.9 Å². The molecule has 78 valence electrons. The summed E-state index contributed by atoms with van der Waals surface area (Å²) in [7, 11) is 0. The first kappa shape index (κ1) is 10.2. The Labute approximate surface area is 90.5 Å². The van der Waals surface area contributed by atoms with Gasteiger partial charge in [-0.2, -0.15) is 0 Å². The molecule has 2 heterocycles. The Bertz CT molecular complexity index is 314. The summed E-state index contributed by atoms with van der Waals surface area (Å²) < 4.78 is 0. The highest BCUT2D eigenvalue weighted by Gasteiger charge is 2.32. The zero-order valence-corrected chi connectivity index (χ0v) is 10.1. The summed E-state index contributed by atoms with van der Waals surface area (Å²) in [5.41, 5.74) is 1.92. The van der Waals surface area contributed by atoms with E-state index < -0.39 is 0 Å². The van der Waals surface area contributed by atoms with E-state index in [9.17, 15) is 0 Å². The monoisotopic (exact) mass is 209 g/mol. The van der Waals surface area contributed by atoms with E-state index in [-0.39, 0.29) is 0 Å². The van der Waals surface area contributed by atoms with Gasteiger partial charge in [0.05, 0.1) is 0 Å². The number of thiophene rings is 1. The minimum absolute atomic E-state index is 0.371. The summed E-state index contributed by atoms with van der Waals surface area (Å²) in [5, 5.41) is 5.89. The molecule has 1 aromatic heterocycles. The molecule has 0 saturated carbocycles. The third kappa shape index (κ3) is 1.61. The van der Waals surface area contributed by atoms with Crippen molar-refractivity contribution in [3.63, 3.8) is 0 Å². The van der Waals surface area contributed by atoms with Crippen LogP contribution in [-0.2, 0) is 6.42 Å². The van der Waals surface area contributed by atoms with Gasteiger partial charge < -0.3 is 5.32 Å². The van der Waals surface area contributed by atoms with Crippen LogP contribution in [0.5, 0.6) is 0 Å². The molecule has 0 amide bonds. The van der Waals surface area contributed by atoms with Crippen molar-refractivity contribution in [2.24, 2.45) is 5.41 Å². The van der Waals surface area contributed by atoms with Crippen LogP contribution < -0.4 is 5.32 Å². The number of fused-ring (bicyclic) bond motifs is 1. The van der Waals surface area contributed by atoms with Crippen LogP contribution in [0.3, 0.4) is 0 Å². The molecule has 0 saturated heterocycles. The van der Waals surface area contributed by atoms with Crippen LogP contribution in [0.4, 0.5) is 0 Å². The highest BCUT2D eigenvalue weighted by molar-refractivity contribution is 7.10. The lowest BCUT2D eigenvalue weighted by molar-refractivity contribution is 0.228. The highest BCUT2D eigenvalue weighted by Crippen LogP contribution is 2.40. The zero-order chi connectivity index (χ0) is 10.2. The second kappa shape index (κ2) is 3.67. The van der Waals surface area contributed by atoms with Gasteiger partial charge in [0.1, 0.15) is 0 Å². The Morgan fingerprint density at radius 1 is 1.57 bits per heavy atom. The molecule has 1 unspecified atom stereocenters. The first-order chi connectivity index (χ1) is 6.65. The van der Waals surface area contributed by atoms with E-state index in [1.54, 1.807) is 10.4 Å². The molecule has 1 atom stereocenters. The minimum atomic E-state index is 0.371. The smallest absolute Gasteiger partial charge is 0.0382 e. The van der Waals surface area contributed by atoms with E-state index in [0.29, 0.717) is 11.5 Å². The van der Waals surface area contributed by atoms with Crippen LogP contribution in [0.15, 0.2) is 11.4 Å². The largest absolute Gasteiger partial charge is 0.309 e. The molecule has 0 aromatic carbocycles. The van der Waals surface area contributed by atoms with Gasteiger partial charge in [-0.15, -0.1) is 11.3 Å². The third-order valence-electron chi connectivity index (χ3n) is 3.48. The lowest BCUT2D eigenvalue weighted by atomic mass is 9.77. The number of nitrogens with one attached hydrogen (secondary N) is 1. The van der Waals surface area contributed by atoms with E-state index in [0.717, 1.165) is 6.54 Å². The van der Waals surface area contributed by atoms with Crippen molar-refractivity contribution in [2.75, 3.05) is 6.54 Å². The SMILES string of the molecule is CCC(C)(C)C1NCCc2sccc21. The van der Waals surface area contributed by atoms with Crippen molar-refractivity contribution in [1.29, 1.82) is 0 Å². The van der Waals surface area contributed by atoms with Crippen molar-refractivity contribution in [3.8, 4) is 0 Å². The molecule has 0 aliphatic carbocycles. The van der Waals surface area contributed by atoms with E-state index in [1.807, 2.05) is 11.3 Å². The molecular formula is C12H19NS. The maximum absolute atomic E-state index is 3.66. The van der Waals surface area contributed by atoms with Gasteiger partial charge in [-0.3, -0.25) is 0 Å². The highest BCUT2D eigenvalue weighted by atomic mass is 32.1. The standard InChI is InChI=1S/C12H19NS/c1-4-12(2,3)11-9-6-8-14-10(9)5-7-13-11/h6,8,11,13H,4-5,7H2,1-3H3. The molecule has 0 bridgehead atoms. The Hall–Kier alpha value is -0.340. The van der Waals surface area contributed by atoms with Crippen LogP contribution in [0.25, 0.3) is 0 Å². The predicted octanol–water partition coefficient (Wildman–Crippen LogP) is 3.37. The molecule has 0 radical (unpaired) electrons. The number of hydrogen-bond acceptors (Lipinski definition) is 2. The van der Waals surface area contributed by atoms with Gasteiger partial charge >= 0.3 is 0 Å². The van der Waals surface area contributed by atoms with Gasteiger partial charge in [0, 0.05) is 17.5 Å². The fourth-order valence-electron chi connectivity index (χ4n) is 2.15. The maximum Gasteiger partial charge on any atom is 0.0382 e. The van der Waals surface area contributed by atoms with E-state index in [4.69, 9.17) is 0 Å². The summed E-state index contributed by atoms with van der Waals surface area (Å²) >= 11 is 1.92. The molecule has 1 aromatic rings. The Balaban J connectivity index is 2.32. The van der Waals surface area contributed by atoms with E-state index in [1.165, 1.54) is 12.8 Å². The summed E-state index contributed by atoms with van der Waals surface area (Å²) in [6.07, 6.45) is 2.43. The molecule has 1 N–H and O–H groups in total. The molecule has 2 heteroatoms. The summed E-state index contributed by atoms with van der Waals surface area (Å²) in [6, 6.07) is 2.86. The normalized spacial score (nSPS) is 22.1. The van der Waals surface area contributed by atoms with Gasteiger partial charge in [0.2, 0.25) is 0 Å². The second-order valence-corrected chi connectivity index (χ2v) is 5.78. The van der Waals surface area contributed by atoms with Gasteiger partial charge in [-0.1, -0.05) is 20.8 Å². The molecule has 14 heavy (non-hydrogen) atoms. The lowest BCUT2D eigenvalue weighted by Crippen LogP contribution is -2.38. The third-order valence-corrected chi connectivity index (χ3v) is 4.48. The van der Waals surface area contributed by atoms with Crippen LogP contribution in [-0.4, -0.2) is 6.54 Å². The van der Waals surface area contributed by atoms with Crippen molar-refractivity contribution < 1.29 is 0 Å². The van der Waals surface area contributed by atoms with E-state index in [2.05, 4.69) is 37.5 Å². The van der Waals surface area contributed by atoms with Crippen LogP contribution in [0, 0.1) is 5.41 Å². The average Bonchev–Trinajstić information content (AvgIpc) is 2.64. The first-order valence-corrected chi connectivity index (χ1v) is 6.33. The molecule has 0 fully saturated rings. The second-order valence-electron chi connectivity index (χ2n) is 4.78. The van der Waals surface area contributed by atoms with Gasteiger partial charge in [-0.25, -0.2) is 0 Å². The van der Waals surface area contributed by atoms with Crippen LogP contribution in [0.2, 0.25) is 0 Å². The van der Waals surface area contributed by atoms with Crippen LogP contribution >= 0.6 is 11.3 Å². The van der Waals surface area contributed by atoms with E-state index >= 15 is 0 Å². The van der Waals surface area contributed by atoms with Crippen molar-refractivity contribution in [1.82, 2.24) is 5.32 Å². The maximum atomic E-state index is 3.66. The lowest BCUT2D eigenvalue weighted by Gasteiger charge is -2.37. The summed E-state index contributed by atoms with van der Waals surface area (Å²) in [5.74, 6) is 0. The first-order valence-electron chi connectivity index (χ1n) is 5.45. The molecule has 1 aliphatic rings. The van der Waals surface area contributed by atoms with Gasteiger partial charge in [0.25, 0.3) is 0 Å². The van der Waals surface area contributed by atoms with Gasteiger partial charge in [0.15, 0.2) is 0 Å². The van der Waals surface area contributed by atoms with Crippen molar-refractivity contribution >= 4 is 11.3 Å². The molecule has 0 spiro atoms. The minimum Gasteiger partial charge on any atom is -0.309 e. The number of rotatable bonds is 2. The summed E-state index contributed by atoms with van der Waals surface area (Å²) in [6.45, 7) is 8.14. The fraction of sp³-hybridized carbons (Fsp3) is 0.667. The Kier molecular flexibility index (Phi) is 2.67. The number of hydrogen-bond donors (Lipinski definition) is 1. The quantitative estimate of drug-likeness (QED) is 0.787. The van der Waals surface area contributed by atoms with Crippen molar-refractivity contribution in [2.45, 2.75) is 39.7 Å².